The predicted molar refractivity (Wildman–Crippen MR) is 155 cm³/mol. The smallest absolute Gasteiger partial charge is 0.254 e. The highest BCUT2D eigenvalue weighted by molar-refractivity contribution is 6.01. The molecule has 5 rings (SSSR count). The van der Waals surface area contributed by atoms with Crippen LogP contribution in [0.15, 0.2) is 42.5 Å². The number of hydrogen-bond acceptors (Lipinski definition) is 5. The number of methoxy groups -OCH3 is 1. The number of para-hydroxylation sites is 1. The van der Waals surface area contributed by atoms with E-state index in [1.807, 2.05) is 43.3 Å². The van der Waals surface area contributed by atoms with Crippen LogP contribution in [0.25, 0.3) is 10.9 Å². The Morgan fingerprint density at radius 3 is 2.58 bits per heavy atom. The van der Waals surface area contributed by atoms with Gasteiger partial charge in [-0.05, 0) is 55.5 Å². The van der Waals surface area contributed by atoms with Crippen LogP contribution in [-0.2, 0) is 19.9 Å². The second kappa shape index (κ2) is 11.9. The van der Waals surface area contributed by atoms with Crippen LogP contribution < -0.4 is 9.47 Å². The van der Waals surface area contributed by atoms with Gasteiger partial charge in [0, 0.05) is 43.1 Å². The average Bonchev–Trinajstić information content (AvgIpc) is 3.37. The van der Waals surface area contributed by atoms with Crippen LogP contribution in [0, 0.1) is 0 Å². The lowest BCUT2D eigenvalue weighted by atomic mass is 9.76. The summed E-state index contributed by atoms with van der Waals surface area (Å²) in [5.74, 6) is 1.13. The molecule has 0 radical (unpaired) electrons. The molecule has 0 saturated carbocycles. The Balaban J connectivity index is 1.52. The second-order valence-electron chi connectivity index (χ2n) is 10.9. The van der Waals surface area contributed by atoms with Gasteiger partial charge in [-0.3, -0.25) is 9.59 Å². The number of aromatic amines is 1. The lowest BCUT2D eigenvalue weighted by molar-refractivity contribution is -0.166. The highest BCUT2D eigenvalue weighted by atomic mass is 16.5. The van der Waals surface area contributed by atoms with Gasteiger partial charge in [0.1, 0.15) is 0 Å². The van der Waals surface area contributed by atoms with Gasteiger partial charge in [-0.25, -0.2) is 0 Å². The number of H-pyrrole nitrogens is 1. The van der Waals surface area contributed by atoms with Crippen LogP contribution in [0.2, 0.25) is 0 Å². The van der Waals surface area contributed by atoms with Gasteiger partial charge in [0.05, 0.1) is 26.0 Å². The molecule has 0 unspecified atom stereocenters. The molecule has 1 saturated heterocycles. The Labute approximate surface area is 236 Å². The summed E-state index contributed by atoms with van der Waals surface area (Å²) in [6, 6.07) is 14.1. The van der Waals surface area contributed by atoms with Crippen molar-refractivity contribution in [2.75, 3.05) is 46.6 Å². The van der Waals surface area contributed by atoms with Crippen LogP contribution in [0.3, 0.4) is 0 Å². The molecule has 0 aliphatic carbocycles. The van der Waals surface area contributed by atoms with Crippen molar-refractivity contribution >= 4 is 22.7 Å². The second-order valence-corrected chi connectivity index (χ2v) is 10.9. The third-order valence-corrected chi connectivity index (χ3v) is 8.23. The Morgan fingerprint density at radius 1 is 1.00 bits per heavy atom. The third kappa shape index (κ3) is 4.94. The molecule has 2 aromatic carbocycles. The topological polar surface area (TPSA) is 84.1 Å². The number of carbonyl (C=O) groups is 2. The molecule has 8 heteroatoms. The number of nitrogens with zero attached hydrogens (tertiary/aromatic N) is 2. The first-order chi connectivity index (χ1) is 19.4. The first-order valence-electron chi connectivity index (χ1n) is 14.5. The quantitative estimate of drug-likeness (QED) is 0.315. The molecule has 1 aromatic heterocycles. The summed E-state index contributed by atoms with van der Waals surface area (Å²) in [4.78, 5) is 34.9. The van der Waals surface area contributed by atoms with Crippen molar-refractivity contribution in [1.82, 2.24) is 14.8 Å². The summed E-state index contributed by atoms with van der Waals surface area (Å²) in [6.07, 6.45) is 3.72. The van der Waals surface area contributed by atoms with Crippen LogP contribution in [0.1, 0.15) is 69.2 Å². The number of nitrogens with one attached hydrogen (secondary N) is 1. The first kappa shape index (κ1) is 28.0. The number of carbonyl (C=O) groups excluding carboxylic acids is 2. The van der Waals surface area contributed by atoms with Crippen molar-refractivity contribution in [2.24, 2.45) is 0 Å². The molecule has 2 atom stereocenters. The van der Waals surface area contributed by atoms with Crippen LogP contribution >= 0.6 is 0 Å². The molecule has 8 nitrogen and oxygen atoms in total. The molecule has 1 N–H and O–H groups in total. The van der Waals surface area contributed by atoms with Crippen molar-refractivity contribution in [2.45, 2.75) is 57.9 Å². The van der Waals surface area contributed by atoms with Crippen molar-refractivity contribution in [3.8, 4) is 11.5 Å². The fourth-order valence-electron chi connectivity index (χ4n) is 6.09. The largest absolute Gasteiger partial charge is 0.493 e. The third-order valence-electron chi connectivity index (χ3n) is 8.23. The molecule has 2 amide bonds. The number of hydrogen-bond donors (Lipinski definition) is 1. The summed E-state index contributed by atoms with van der Waals surface area (Å²) in [5, 5.41) is 1.07. The summed E-state index contributed by atoms with van der Waals surface area (Å²) in [5.41, 5.74) is 2.71. The Morgan fingerprint density at radius 2 is 1.80 bits per heavy atom. The van der Waals surface area contributed by atoms with Crippen molar-refractivity contribution < 1.29 is 23.8 Å². The maximum atomic E-state index is 14.2. The summed E-state index contributed by atoms with van der Waals surface area (Å²) in [7, 11) is 1.64. The Bertz CT molecular complexity index is 1370. The van der Waals surface area contributed by atoms with Gasteiger partial charge in [0.25, 0.3) is 5.91 Å². The highest BCUT2D eigenvalue weighted by Crippen LogP contribution is 2.49. The van der Waals surface area contributed by atoms with Crippen molar-refractivity contribution in [1.29, 1.82) is 0 Å². The van der Waals surface area contributed by atoms with Gasteiger partial charge in [-0.1, -0.05) is 44.5 Å². The molecule has 3 heterocycles. The van der Waals surface area contributed by atoms with Gasteiger partial charge in [-0.15, -0.1) is 0 Å². The van der Waals surface area contributed by atoms with Gasteiger partial charge in [0.15, 0.2) is 17.0 Å². The van der Waals surface area contributed by atoms with Gasteiger partial charge >= 0.3 is 0 Å². The van der Waals surface area contributed by atoms with E-state index in [9.17, 15) is 9.59 Å². The molecule has 1 fully saturated rings. The van der Waals surface area contributed by atoms with E-state index < -0.39 is 5.54 Å². The number of aromatic nitrogens is 1. The Kier molecular flexibility index (Phi) is 8.35. The van der Waals surface area contributed by atoms with E-state index in [1.54, 1.807) is 16.9 Å². The van der Waals surface area contributed by atoms with E-state index in [1.165, 1.54) is 0 Å². The van der Waals surface area contributed by atoms with E-state index in [4.69, 9.17) is 14.2 Å². The number of fused-ring (bicyclic) bond motifs is 5. The molecule has 2 aliphatic rings. The normalized spacial score (nSPS) is 20.6. The van der Waals surface area contributed by atoms with E-state index >= 15 is 0 Å². The number of amides is 2. The first-order valence-corrected chi connectivity index (χ1v) is 14.5. The predicted octanol–water partition coefficient (Wildman–Crippen LogP) is 5.20. The lowest BCUT2D eigenvalue weighted by Gasteiger charge is -2.51. The zero-order valence-corrected chi connectivity index (χ0v) is 24.1. The maximum Gasteiger partial charge on any atom is 0.254 e. The van der Waals surface area contributed by atoms with E-state index in [0.717, 1.165) is 53.6 Å². The fourth-order valence-corrected chi connectivity index (χ4v) is 6.09. The molecule has 40 heavy (non-hydrogen) atoms. The molecule has 214 valence electrons. The molecular formula is C32H41N3O5. The van der Waals surface area contributed by atoms with Gasteiger partial charge in [-0.2, -0.15) is 0 Å². The zero-order chi connectivity index (χ0) is 28.3. The maximum absolute atomic E-state index is 14.2. The number of ether oxygens (including phenoxy) is 3. The fraction of sp³-hybridized carbons (Fsp3) is 0.500. The van der Waals surface area contributed by atoms with Crippen LogP contribution in [-0.4, -0.2) is 73.2 Å². The zero-order valence-electron chi connectivity index (χ0n) is 24.1. The van der Waals surface area contributed by atoms with E-state index in [-0.39, 0.29) is 24.3 Å². The summed E-state index contributed by atoms with van der Waals surface area (Å²) < 4.78 is 17.3. The average molecular weight is 548 g/mol. The van der Waals surface area contributed by atoms with Crippen LogP contribution in [0.4, 0.5) is 0 Å². The molecule has 0 bridgehead atoms. The standard InChI is InChI=1S/C32H41N3O5/c1-5-7-17-39-18-10-15-34-21-28(36)35-20-24(22-13-14-26(40-16-6-2)27(19-22)38-4)29-23-11-8-9-12-25(23)33-30(29)32(35,3)31(34)37/h8-9,11-14,19,24,33H,5-7,10,15-18,20-21H2,1-4H3/t24-,32+/m1/s1. The number of unbranched alkanes of at least 4 members (excludes halogenated alkanes) is 1. The van der Waals surface area contributed by atoms with E-state index in [2.05, 4.69) is 24.9 Å². The van der Waals surface area contributed by atoms with E-state index in [0.29, 0.717) is 44.2 Å². The highest BCUT2D eigenvalue weighted by Gasteiger charge is 2.56. The van der Waals surface area contributed by atoms with Crippen LogP contribution in [0.5, 0.6) is 11.5 Å². The van der Waals surface area contributed by atoms with Crippen molar-refractivity contribution in [3.05, 3.63) is 59.3 Å². The Hall–Kier alpha value is -3.52. The number of piperazine rings is 1. The van der Waals surface area contributed by atoms with Gasteiger partial charge in [0.2, 0.25) is 5.91 Å². The monoisotopic (exact) mass is 547 g/mol. The summed E-state index contributed by atoms with van der Waals surface area (Å²) >= 11 is 0. The minimum atomic E-state index is -1.11. The molecule has 0 spiro atoms. The summed E-state index contributed by atoms with van der Waals surface area (Å²) in [6.45, 7) is 8.99. The minimum Gasteiger partial charge on any atom is -0.493 e. The number of benzene rings is 2. The lowest BCUT2D eigenvalue weighted by Crippen LogP contribution is -2.67. The van der Waals surface area contributed by atoms with Crippen molar-refractivity contribution in [3.63, 3.8) is 0 Å². The molecular weight excluding hydrogens is 506 g/mol. The minimum absolute atomic E-state index is 0.0434. The SMILES string of the molecule is CCCCOCCCN1CC(=O)N2C[C@H](c3ccc(OCCC)c(OC)c3)c3c([nH]c4ccccc34)[C@@]2(C)C1=O. The van der Waals surface area contributed by atoms with Gasteiger partial charge < -0.3 is 29.0 Å². The molecule has 2 aliphatic heterocycles. The molecule has 3 aromatic rings. The number of rotatable bonds is 12.